The third-order valence-corrected chi connectivity index (χ3v) is 4.50. The fourth-order valence-electron chi connectivity index (χ4n) is 2.30. The van der Waals surface area contributed by atoms with Crippen LogP contribution in [0.25, 0.3) is 0 Å². The van der Waals surface area contributed by atoms with Gasteiger partial charge in [0.1, 0.15) is 0 Å². The van der Waals surface area contributed by atoms with Gasteiger partial charge in [-0.2, -0.15) is 8.42 Å². The Bertz CT molecular complexity index is 526. The van der Waals surface area contributed by atoms with Crippen molar-refractivity contribution in [3.05, 3.63) is 21.9 Å². The first-order valence-corrected chi connectivity index (χ1v) is 8.85. The highest BCUT2D eigenvalue weighted by Crippen LogP contribution is 2.55. The van der Waals surface area contributed by atoms with Gasteiger partial charge in [-0.25, -0.2) is 0 Å². The molecule has 1 saturated carbocycles. The van der Waals surface area contributed by atoms with E-state index in [0.717, 1.165) is 13.2 Å². The van der Waals surface area contributed by atoms with Gasteiger partial charge in [-0.3, -0.25) is 4.55 Å². The molecule has 0 amide bonds. The van der Waals surface area contributed by atoms with E-state index in [-0.39, 0.29) is 6.10 Å². The highest BCUT2D eigenvalue weighted by atomic mass is 32.2. The summed E-state index contributed by atoms with van der Waals surface area (Å²) in [5.41, 5.74) is 1.88. The van der Waals surface area contributed by atoms with Gasteiger partial charge in [0.15, 0.2) is 0 Å². The molecule has 1 aliphatic heterocycles. The van der Waals surface area contributed by atoms with Crippen LogP contribution >= 0.6 is 11.3 Å². The van der Waals surface area contributed by atoms with E-state index in [2.05, 4.69) is 16.8 Å². The largest absolute Gasteiger partial charge is 0.371 e. The van der Waals surface area contributed by atoms with E-state index in [1.54, 1.807) is 4.88 Å². The third kappa shape index (κ3) is 3.76. The zero-order valence-corrected chi connectivity index (χ0v) is 12.7. The molecule has 1 aromatic rings. The lowest BCUT2D eigenvalue weighted by Gasteiger charge is -2.29. The number of fused-ring (bicyclic) bond motifs is 2. The van der Waals surface area contributed by atoms with Crippen molar-refractivity contribution in [3.8, 4) is 0 Å². The van der Waals surface area contributed by atoms with Crippen LogP contribution in [0, 0.1) is 0 Å². The summed E-state index contributed by atoms with van der Waals surface area (Å²) in [6.45, 7) is 1.87. The zero-order chi connectivity index (χ0) is 14.1. The maximum atomic E-state index is 9.19. The molecular weight excluding hydrogens is 286 g/mol. The summed E-state index contributed by atoms with van der Waals surface area (Å²) in [6, 6.07) is 2.24. The molecule has 3 rings (SSSR count). The Morgan fingerprint density at radius 2 is 2.21 bits per heavy atom. The van der Waals surface area contributed by atoms with E-state index in [1.807, 2.05) is 18.4 Å². The second kappa shape index (κ2) is 5.49. The van der Waals surface area contributed by atoms with Gasteiger partial charge >= 0.3 is 0 Å². The van der Waals surface area contributed by atoms with Gasteiger partial charge in [0.2, 0.25) is 0 Å². The lowest BCUT2D eigenvalue weighted by molar-refractivity contribution is 0.0248. The van der Waals surface area contributed by atoms with Crippen LogP contribution in [-0.2, 0) is 20.3 Å². The molecule has 1 aliphatic carbocycles. The molecule has 0 unspecified atom stereocenters. The van der Waals surface area contributed by atoms with Gasteiger partial charge in [0.25, 0.3) is 10.1 Å². The second-order valence-corrected chi connectivity index (χ2v) is 7.46. The predicted octanol–water partition coefficient (Wildman–Crippen LogP) is 1.57. The highest BCUT2D eigenvalue weighted by molar-refractivity contribution is 7.85. The van der Waals surface area contributed by atoms with Crippen molar-refractivity contribution in [1.29, 1.82) is 0 Å². The lowest BCUT2D eigenvalue weighted by atomic mass is 9.96. The quantitative estimate of drug-likeness (QED) is 0.811. The van der Waals surface area contributed by atoms with Crippen molar-refractivity contribution in [2.24, 2.45) is 0 Å². The molecule has 7 heteroatoms. The Kier molecular flexibility index (Phi) is 4.32. The Morgan fingerprint density at radius 3 is 2.74 bits per heavy atom. The number of ether oxygens (including phenoxy) is 1. The van der Waals surface area contributed by atoms with Gasteiger partial charge < -0.3 is 10.1 Å². The van der Waals surface area contributed by atoms with Crippen molar-refractivity contribution in [2.45, 2.75) is 24.4 Å². The van der Waals surface area contributed by atoms with E-state index in [9.17, 15) is 8.42 Å². The second-order valence-electron chi connectivity index (χ2n) is 5.08. The van der Waals surface area contributed by atoms with Crippen molar-refractivity contribution in [2.75, 3.05) is 26.5 Å². The molecule has 1 fully saturated rings. The molecule has 2 N–H and O–H groups in total. The summed E-state index contributed by atoms with van der Waals surface area (Å²) in [6.07, 6.45) is 3.65. The van der Waals surface area contributed by atoms with Crippen LogP contribution in [-0.4, -0.2) is 39.4 Å². The lowest BCUT2D eigenvalue weighted by Crippen LogP contribution is -2.29. The first kappa shape index (κ1) is 14.9. The highest BCUT2D eigenvalue weighted by Gasteiger charge is 2.50. The monoisotopic (exact) mass is 305 g/mol. The molecular formula is C12H19NO4S2. The molecule has 2 aliphatic rings. The number of likely N-dealkylation sites (N-methyl/N-ethyl adjacent to an activating group) is 1. The van der Waals surface area contributed by atoms with E-state index >= 15 is 0 Å². The van der Waals surface area contributed by atoms with E-state index in [1.165, 1.54) is 18.4 Å². The van der Waals surface area contributed by atoms with E-state index < -0.39 is 10.1 Å². The topological polar surface area (TPSA) is 75.6 Å². The summed E-state index contributed by atoms with van der Waals surface area (Å²) in [4.78, 5) is 1.60. The maximum Gasteiger partial charge on any atom is 0.261 e. The average Bonchev–Trinajstić information content (AvgIpc) is 2.87. The number of hydrogen-bond acceptors (Lipinski definition) is 5. The smallest absolute Gasteiger partial charge is 0.261 e. The number of hydrogen-bond donors (Lipinski definition) is 2. The Morgan fingerprint density at radius 1 is 1.58 bits per heavy atom. The Balaban J connectivity index is 0.000000232. The molecule has 2 heterocycles. The molecule has 0 aromatic carbocycles. The summed E-state index contributed by atoms with van der Waals surface area (Å²) >= 11 is 1.92. The summed E-state index contributed by atoms with van der Waals surface area (Å²) in [7, 11) is -1.68. The van der Waals surface area contributed by atoms with Gasteiger partial charge in [0.05, 0.1) is 19.0 Å². The minimum absolute atomic E-state index is 0.285. The molecule has 108 valence electrons. The zero-order valence-electron chi connectivity index (χ0n) is 11.0. The van der Waals surface area contributed by atoms with Crippen LogP contribution in [0.15, 0.2) is 11.4 Å². The molecule has 1 spiro atoms. The van der Waals surface area contributed by atoms with Crippen LogP contribution in [0.4, 0.5) is 0 Å². The molecule has 0 saturated heterocycles. The van der Waals surface area contributed by atoms with Crippen molar-refractivity contribution in [3.63, 3.8) is 0 Å². The summed E-state index contributed by atoms with van der Waals surface area (Å²) in [5, 5.41) is 5.41. The normalized spacial score (nSPS) is 23.4. The third-order valence-electron chi connectivity index (χ3n) is 3.33. The van der Waals surface area contributed by atoms with Crippen molar-refractivity contribution >= 4 is 21.5 Å². The van der Waals surface area contributed by atoms with Crippen LogP contribution in [0.1, 0.15) is 29.4 Å². The Labute approximate surface area is 117 Å². The van der Waals surface area contributed by atoms with E-state index in [0.29, 0.717) is 11.7 Å². The number of rotatable bonds is 2. The fourth-order valence-corrected chi connectivity index (χ4v) is 3.50. The van der Waals surface area contributed by atoms with Crippen molar-refractivity contribution in [1.82, 2.24) is 5.32 Å². The van der Waals surface area contributed by atoms with Crippen LogP contribution in [0.2, 0.25) is 0 Å². The van der Waals surface area contributed by atoms with Crippen LogP contribution in [0.5, 0.6) is 0 Å². The minimum atomic E-state index is -3.67. The predicted molar refractivity (Wildman–Crippen MR) is 75.3 cm³/mol. The van der Waals surface area contributed by atoms with Gasteiger partial charge in [-0.1, -0.05) is 0 Å². The van der Waals surface area contributed by atoms with Gasteiger partial charge in [-0.15, -0.1) is 11.3 Å². The average molecular weight is 305 g/mol. The van der Waals surface area contributed by atoms with Crippen LogP contribution in [0.3, 0.4) is 0 Å². The molecule has 0 radical (unpaired) electrons. The van der Waals surface area contributed by atoms with Gasteiger partial charge in [-0.05, 0) is 36.9 Å². The van der Waals surface area contributed by atoms with Crippen LogP contribution < -0.4 is 5.32 Å². The molecule has 1 atom stereocenters. The summed E-state index contributed by atoms with van der Waals surface area (Å²) < 4.78 is 31.8. The maximum absolute atomic E-state index is 9.19. The van der Waals surface area contributed by atoms with E-state index in [4.69, 9.17) is 9.29 Å². The molecule has 5 nitrogen and oxygen atoms in total. The number of thiophene rings is 1. The molecule has 19 heavy (non-hydrogen) atoms. The SMILES string of the molecule is CNC[C@@H]1OCC2(CC2)c2sccc21.CS(=O)(=O)O. The standard InChI is InChI=1S/C11H15NOS.CH4O3S/c1-12-6-9-8-2-5-14-10(8)11(3-4-11)7-13-9;1-5(2,3)4/h2,5,9,12H,3-4,6-7H2,1H3;1H3,(H,2,3,4)/t9-;/m0./s1. The Hall–Kier alpha value is -0.470. The van der Waals surface area contributed by atoms with Crippen molar-refractivity contribution < 1.29 is 17.7 Å². The van der Waals surface area contributed by atoms with Gasteiger partial charge in [0, 0.05) is 16.8 Å². The fraction of sp³-hybridized carbons (Fsp3) is 0.667. The first-order chi connectivity index (χ1) is 8.86. The molecule has 1 aromatic heterocycles. The first-order valence-electron chi connectivity index (χ1n) is 6.12. The summed E-state index contributed by atoms with van der Waals surface area (Å²) in [5.74, 6) is 0. The minimum Gasteiger partial charge on any atom is -0.371 e. The molecule has 0 bridgehead atoms. The number of nitrogens with one attached hydrogen (secondary N) is 1.